The van der Waals surface area contributed by atoms with Gasteiger partial charge in [-0.2, -0.15) is 4.39 Å². The fraction of sp³-hybridized carbons (Fsp3) is 0.0500. The van der Waals surface area contributed by atoms with E-state index in [4.69, 9.17) is 0 Å². The molecule has 0 aliphatic rings. The van der Waals surface area contributed by atoms with E-state index in [-0.39, 0.29) is 5.39 Å². The average molecular weight is 320 g/mol. The molecule has 3 aromatic carbocycles. The van der Waals surface area contributed by atoms with Gasteiger partial charge < -0.3 is 0 Å². The molecule has 1 aromatic heterocycles. The van der Waals surface area contributed by atoms with Gasteiger partial charge in [-0.15, -0.1) is 5.10 Å². The summed E-state index contributed by atoms with van der Waals surface area (Å²) in [5.41, 5.74) is 3.93. The minimum atomic E-state index is -0.670. The number of hydrogen-bond acceptors (Lipinski definition) is 1. The molecule has 4 rings (SSSR count). The normalized spacial score (nSPS) is 11.1. The molecule has 0 atom stereocenters. The van der Waals surface area contributed by atoms with Crippen molar-refractivity contribution in [2.75, 3.05) is 0 Å². The molecule has 1 heterocycles. The number of halogens is 2. The van der Waals surface area contributed by atoms with Crippen LogP contribution in [0.25, 0.3) is 27.7 Å². The third-order valence-corrected chi connectivity index (χ3v) is 4.13. The summed E-state index contributed by atoms with van der Waals surface area (Å²) in [7, 11) is 0. The summed E-state index contributed by atoms with van der Waals surface area (Å²) >= 11 is 0. The highest BCUT2D eigenvalue weighted by Crippen LogP contribution is 2.26. The van der Waals surface area contributed by atoms with Gasteiger partial charge in [-0.05, 0) is 47.9 Å². The van der Waals surface area contributed by atoms with Crippen LogP contribution in [0.15, 0.2) is 66.7 Å². The van der Waals surface area contributed by atoms with E-state index in [1.807, 2.05) is 54.6 Å². The molecular weight excluding hydrogens is 306 g/mol. The zero-order valence-corrected chi connectivity index (χ0v) is 13.0. The van der Waals surface area contributed by atoms with Gasteiger partial charge in [0, 0.05) is 0 Å². The van der Waals surface area contributed by atoms with E-state index in [2.05, 4.69) is 5.10 Å². The predicted octanol–water partition coefficient (Wildman–Crippen LogP) is 5.28. The van der Waals surface area contributed by atoms with Crippen LogP contribution in [0.2, 0.25) is 0 Å². The van der Waals surface area contributed by atoms with E-state index in [0.29, 0.717) is 11.1 Å². The van der Waals surface area contributed by atoms with Gasteiger partial charge in [-0.1, -0.05) is 42.5 Å². The molecule has 2 nitrogen and oxygen atoms in total. The Bertz CT molecular complexity index is 1020. The largest absolute Gasteiger partial charge is 0.241 e. The van der Waals surface area contributed by atoms with E-state index in [1.54, 1.807) is 13.0 Å². The molecule has 0 aliphatic heterocycles. The molecule has 4 aromatic rings. The van der Waals surface area contributed by atoms with Crippen molar-refractivity contribution >= 4 is 10.9 Å². The lowest BCUT2D eigenvalue weighted by molar-refractivity contribution is 0.573. The van der Waals surface area contributed by atoms with Crippen LogP contribution in [-0.4, -0.2) is 9.78 Å². The highest BCUT2D eigenvalue weighted by Gasteiger charge is 2.14. The predicted molar refractivity (Wildman–Crippen MR) is 91.2 cm³/mol. The molecule has 24 heavy (non-hydrogen) atoms. The van der Waals surface area contributed by atoms with E-state index in [9.17, 15) is 8.78 Å². The van der Waals surface area contributed by atoms with E-state index in [0.717, 1.165) is 16.8 Å². The maximum Gasteiger partial charge on any atom is 0.241 e. The molecule has 0 unspecified atom stereocenters. The van der Waals surface area contributed by atoms with Gasteiger partial charge in [0.2, 0.25) is 5.95 Å². The molecule has 0 saturated carbocycles. The van der Waals surface area contributed by atoms with E-state index in [1.165, 1.54) is 10.7 Å². The first kappa shape index (κ1) is 14.6. The number of hydrogen-bond donors (Lipinski definition) is 0. The Labute approximate surface area is 138 Å². The fourth-order valence-electron chi connectivity index (χ4n) is 2.82. The van der Waals surface area contributed by atoms with Crippen molar-refractivity contribution < 1.29 is 8.78 Å². The molecule has 0 radical (unpaired) electrons. The minimum absolute atomic E-state index is 0.185. The summed E-state index contributed by atoms with van der Waals surface area (Å²) in [6.45, 7) is 1.66. The zero-order valence-electron chi connectivity index (χ0n) is 13.0. The van der Waals surface area contributed by atoms with Gasteiger partial charge >= 0.3 is 0 Å². The Morgan fingerprint density at radius 1 is 0.833 bits per heavy atom. The molecule has 118 valence electrons. The van der Waals surface area contributed by atoms with Gasteiger partial charge in [0.1, 0.15) is 5.82 Å². The molecule has 0 amide bonds. The Balaban J connectivity index is 1.82. The van der Waals surface area contributed by atoms with E-state index < -0.39 is 11.8 Å². The number of aromatic nitrogens is 2. The maximum atomic E-state index is 14.0. The Morgan fingerprint density at radius 3 is 2.21 bits per heavy atom. The van der Waals surface area contributed by atoms with Crippen LogP contribution in [0.5, 0.6) is 0 Å². The smallest absolute Gasteiger partial charge is 0.230 e. The second-order valence-electron chi connectivity index (χ2n) is 5.73. The summed E-state index contributed by atoms with van der Waals surface area (Å²) < 4.78 is 29.2. The molecule has 0 spiro atoms. The van der Waals surface area contributed by atoms with Crippen LogP contribution in [0.4, 0.5) is 8.78 Å². The van der Waals surface area contributed by atoms with Crippen molar-refractivity contribution in [3.63, 3.8) is 0 Å². The summed E-state index contributed by atoms with van der Waals surface area (Å²) in [5.74, 6) is -1.10. The first-order valence-electron chi connectivity index (χ1n) is 7.64. The molecule has 0 aliphatic carbocycles. The monoisotopic (exact) mass is 320 g/mol. The van der Waals surface area contributed by atoms with Gasteiger partial charge in [0.15, 0.2) is 0 Å². The van der Waals surface area contributed by atoms with Crippen LogP contribution in [0.3, 0.4) is 0 Å². The number of benzene rings is 3. The second-order valence-corrected chi connectivity index (χ2v) is 5.73. The van der Waals surface area contributed by atoms with Crippen LogP contribution < -0.4 is 0 Å². The molecule has 0 N–H and O–H groups in total. The Hall–Kier alpha value is -3.01. The first-order valence-corrected chi connectivity index (χ1v) is 7.64. The lowest BCUT2D eigenvalue weighted by Crippen LogP contribution is -1.97. The third kappa shape index (κ3) is 2.36. The van der Waals surface area contributed by atoms with Gasteiger partial charge in [-0.3, -0.25) is 0 Å². The Morgan fingerprint density at radius 2 is 1.50 bits per heavy atom. The lowest BCUT2D eigenvalue weighted by Gasteiger charge is -2.06. The fourth-order valence-corrected chi connectivity index (χ4v) is 2.82. The van der Waals surface area contributed by atoms with Crippen molar-refractivity contribution in [3.05, 3.63) is 84.1 Å². The first-order chi connectivity index (χ1) is 11.6. The summed E-state index contributed by atoms with van der Waals surface area (Å²) in [6.07, 6.45) is 0. The van der Waals surface area contributed by atoms with Crippen molar-refractivity contribution in [2.24, 2.45) is 0 Å². The molecular formula is C20H14F2N2. The summed E-state index contributed by atoms with van der Waals surface area (Å²) in [4.78, 5) is 0. The number of nitrogens with zero attached hydrogens (tertiary/aromatic N) is 2. The van der Waals surface area contributed by atoms with Crippen molar-refractivity contribution in [1.82, 2.24) is 9.78 Å². The molecule has 0 saturated heterocycles. The third-order valence-electron chi connectivity index (χ3n) is 4.13. The van der Waals surface area contributed by atoms with Crippen LogP contribution >= 0.6 is 0 Å². The minimum Gasteiger partial charge on any atom is -0.230 e. The number of aryl methyl sites for hydroxylation is 1. The number of rotatable bonds is 2. The topological polar surface area (TPSA) is 17.8 Å². The molecule has 0 fully saturated rings. The quantitative estimate of drug-likeness (QED) is 0.491. The highest BCUT2D eigenvalue weighted by molar-refractivity contribution is 5.82. The average Bonchev–Trinajstić information content (AvgIpc) is 2.92. The summed E-state index contributed by atoms with van der Waals surface area (Å²) in [5, 5.41) is 4.11. The zero-order chi connectivity index (χ0) is 16.7. The lowest BCUT2D eigenvalue weighted by atomic mass is 10.1. The van der Waals surface area contributed by atoms with Crippen molar-refractivity contribution in [2.45, 2.75) is 6.92 Å². The second kappa shape index (κ2) is 5.57. The van der Waals surface area contributed by atoms with Crippen LogP contribution in [0, 0.1) is 18.7 Å². The van der Waals surface area contributed by atoms with Gasteiger partial charge in [0.05, 0.1) is 16.6 Å². The SMILES string of the molecule is Cc1cc2c(cc1F)c(F)nn2-c1ccc(-c2ccccc2)cc1. The highest BCUT2D eigenvalue weighted by atomic mass is 19.1. The van der Waals surface area contributed by atoms with Crippen molar-refractivity contribution in [3.8, 4) is 16.8 Å². The molecule has 0 bridgehead atoms. The van der Waals surface area contributed by atoms with Crippen molar-refractivity contribution in [1.29, 1.82) is 0 Å². The molecule has 4 heteroatoms. The van der Waals surface area contributed by atoms with E-state index >= 15 is 0 Å². The Kier molecular flexibility index (Phi) is 3.38. The summed E-state index contributed by atoms with van der Waals surface area (Å²) in [6, 6.07) is 20.5. The maximum absolute atomic E-state index is 14.0. The van der Waals surface area contributed by atoms with Crippen LogP contribution in [0.1, 0.15) is 5.56 Å². The van der Waals surface area contributed by atoms with Gasteiger partial charge in [0.25, 0.3) is 0 Å². The van der Waals surface area contributed by atoms with Crippen LogP contribution in [-0.2, 0) is 0 Å². The standard InChI is InChI=1S/C20H14F2N2/c1-13-11-19-17(12-18(13)21)20(22)23-24(19)16-9-7-15(8-10-16)14-5-3-2-4-6-14/h2-12H,1H3. The van der Waals surface area contributed by atoms with Gasteiger partial charge in [-0.25, -0.2) is 9.07 Å². The number of fused-ring (bicyclic) bond motifs is 1.